The van der Waals surface area contributed by atoms with Crippen molar-refractivity contribution >= 4 is 11.8 Å². The molecule has 1 aromatic rings. The first-order chi connectivity index (χ1) is 13.1. The highest BCUT2D eigenvalue weighted by molar-refractivity contribution is 5.79. The lowest BCUT2D eigenvalue weighted by Crippen LogP contribution is -2.50. The van der Waals surface area contributed by atoms with Crippen LogP contribution in [0.3, 0.4) is 0 Å². The average Bonchev–Trinajstić information content (AvgIpc) is 2.69. The Labute approximate surface area is 163 Å². The van der Waals surface area contributed by atoms with Crippen LogP contribution >= 0.6 is 0 Å². The lowest BCUT2D eigenvalue weighted by molar-refractivity contribution is -0.134. The van der Waals surface area contributed by atoms with Crippen LogP contribution in [0.4, 0.5) is 0 Å². The predicted octanol–water partition coefficient (Wildman–Crippen LogP) is 2.46. The summed E-state index contributed by atoms with van der Waals surface area (Å²) in [5.41, 5.74) is 1.40. The van der Waals surface area contributed by atoms with Crippen molar-refractivity contribution in [3.8, 4) is 0 Å². The van der Waals surface area contributed by atoms with Crippen LogP contribution in [-0.2, 0) is 16.0 Å². The first-order valence-electron chi connectivity index (χ1n) is 10.4. The monoisotopic (exact) mass is 371 g/mol. The third-order valence-corrected chi connectivity index (χ3v) is 5.95. The third kappa shape index (κ3) is 6.06. The summed E-state index contributed by atoms with van der Waals surface area (Å²) in [6, 6.07) is 10.9. The molecule has 0 saturated carbocycles. The van der Waals surface area contributed by atoms with Gasteiger partial charge < -0.3 is 15.1 Å². The highest BCUT2D eigenvalue weighted by Crippen LogP contribution is 2.19. The smallest absolute Gasteiger partial charge is 0.223 e. The van der Waals surface area contributed by atoms with Gasteiger partial charge in [0.25, 0.3) is 0 Å². The second kappa shape index (κ2) is 9.88. The highest BCUT2D eigenvalue weighted by Gasteiger charge is 2.28. The first-order valence-corrected chi connectivity index (χ1v) is 10.4. The number of piperidine rings is 2. The number of hydrogen-bond acceptors (Lipinski definition) is 3. The number of hydrogen-bond donors (Lipinski definition) is 1. The molecule has 0 aromatic heterocycles. The van der Waals surface area contributed by atoms with Crippen LogP contribution in [0.5, 0.6) is 0 Å². The molecular weight excluding hydrogens is 338 g/mol. The summed E-state index contributed by atoms with van der Waals surface area (Å²) in [4.78, 5) is 28.4. The molecule has 0 bridgehead atoms. The summed E-state index contributed by atoms with van der Waals surface area (Å²) < 4.78 is 0. The second-order valence-corrected chi connectivity index (χ2v) is 8.02. The lowest BCUT2D eigenvalue weighted by Gasteiger charge is -2.35. The van der Waals surface area contributed by atoms with E-state index in [9.17, 15) is 9.59 Å². The molecule has 148 valence electrons. The van der Waals surface area contributed by atoms with Crippen LogP contribution in [0.1, 0.15) is 44.6 Å². The molecule has 2 saturated heterocycles. The molecule has 2 aliphatic rings. The van der Waals surface area contributed by atoms with Crippen molar-refractivity contribution in [2.75, 3.05) is 32.7 Å². The molecule has 1 atom stereocenters. The number of benzene rings is 1. The Balaban J connectivity index is 1.38. The molecule has 0 unspecified atom stereocenters. The first kappa shape index (κ1) is 19.9. The van der Waals surface area contributed by atoms with E-state index < -0.39 is 0 Å². The Kier molecular flexibility index (Phi) is 7.27. The van der Waals surface area contributed by atoms with E-state index in [4.69, 9.17) is 0 Å². The molecule has 3 rings (SSSR count). The SMILES string of the molecule is CC(=O)N1CCC(C(=O)N[C@H]2CCCN(CCCc3ccccc3)C2)CC1. The lowest BCUT2D eigenvalue weighted by atomic mass is 9.95. The van der Waals surface area contributed by atoms with Gasteiger partial charge in [0.2, 0.25) is 11.8 Å². The van der Waals surface area contributed by atoms with Crippen molar-refractivity contribution in [3.63, 3.8) is 0 Å². The van der Waals surface area contributed by atoms with Gasteiger partial charge in [-0.3, -0.25) is 9.59 Å². The summed E-state index contributed by atoms with van der Waals surface area (Å²) in [6.07, 6.45) is 6.08. The number of carbonyl (C=O) groups excluding carboxylic acids is 2. The van der Waals surface area contributed by atoms with E-state index in [2.05, 4.69) is 40.5 Å². The number of likely N-dealkylation sites (tertiary alicyclic amines) is 2. The number of carbonyl (C=O) groups is 2. The van der Waals surface area contributed by atoms with Crippen LogP contribution < -0.4 is 5.32 Å². The van der Waals surface area contributed by atoms with Gasteiger partial charge in [-0.25, -0.2) is 0 Å². The minimum absolute atomic E-state index is 0.0639. The maximum Gasteiger partial charge on any atom is 0.223 e. The molecule has 2 aliphatic heterocycles. The van der Waals surface area contributed by atoms with Crippen LogP contribution in [0, 0.1) is 5.92 Å². The van der Waals surface area contributed by atoms with Crippen LogP contribution in [-0.4, -0.2) is 60.4 Å². The van der Waals surface area contributed by atoms with Crippen molar-refractivity contribution in [2.24, 2.45) is 5.92 Å². The fraction of sp³-hybridized carbons (Fsp3) is 0.636. The van der Waals surface area contributed by atoms with E-state index >= 15 is 0 Å². The summed E-state index contributed by atoms with van der Waals surface area (Å²) >= 11 is 0. The van der Waals surface area contributed by atoms with E-state index in [-0.39, 0.29) is 23.8 Å². The molecule has 0 spiro atoms. The van der Waals surface area contributed by atoms with E-state index in [1.165, 1.54) is 5.56 Å². The summed E-state index contributed by atoms with van der Waals surface area (Å²) in [6.45, 7) is 6.23. The number of nitrogens with one attached hydrogen (secondary N) is 1. The summed E-state index contributed by atoms with van der Waals surface area (Å²) in [5, 5.41) is 3.29. The highest BCUT2D eigenvalue weighted by atomic mass is 16.2. The Hall–Kier alpha value is -1.88. The molecule has 0 radical (unpaired) electrons. The van der Waals surface area contributed by atoms with Gasteiger partial charge in [-0.1, -0.05) is 30.3 Å². The molecule has 5 nitrogen and oxygen atoms in total. The molecule has 1 aromatic carbocycles. The van der Waals surface area contributed by atoms with Gasteiger partial charge >= 0.3 is 0 Å². The Bertz CT molecular complexity index is 611. The minimum Gasteiger partial charge on any atom is -0.352 e. The van der Waals surface area contributed by atoms with E-state index in [0.29, 0.717) is 13.1 Å². The third-order valence-electron chi connectivity index (χ3n) is 5.95. The zero-order valence-corrected chi connectivity index (χ0v) is 16.5. The van der Waals surface area contributed by atoms with Gasteiger partial charge in [-0.2, -0.15) is 0 Å². The molecule has 2 fully saturated rings. The molecule has 1 N–H and O–H groups in total. The minimum atomic E-state index is 0.0639. The van der Waals surface area contributed by atoms with Crippen molar-refractivity contribution in [3.05, 3.63) is 35.9 Å². The van der Waals surface area contributed by atoms with E-state index in [1.807, 2.05) is 4.90 Å². The maximum atomic E-state index is 12.6. The maximum absolute atomic E-state index is 12.6. The van der Waals surface area contributed by atoms with Gasteiger partial charge in [0.05, 0.1) is 0 Å². The quantitative estimate of drug-likeness (QED) is 0.836. The Morgan fingerprint density at radius 3 is 2.52 bits per heavy atom. The topological polar surface area (TPSA) is 52.7 Å². The number of amides is 2. The predicted molar refractivity (Wildman–Crippen MR) is 107 cm³/mol. The van der Waals surface area contributed by atoms with E-state index in [0.717, 1.165) is 58.2 Å². The zero-order chi connectivity index (χ0) is 19.1. The van der Waals surface area contributed by atoms with Gasteiger partial charge in [0, 0.05) is 38.5 Å². The van der Waals surface area contributed by atoms with Crippen molar-refractivity contribution in [2.45, 2.75) is 51.5 Å². The van der Waals surface area contributed by atoms with Gasteiger partial charge in [0.1, 0.15) is 0 Å². The number of nitrogens with zero attached hydrogens (tertiary/aromatic N) is 2. The van der Waals surface area contributed by atoms with E-state index in [1.54, 1.807) is 6.92 Å². The second-order valence-electron chi connectivity index (χ2n) is 8.02. The van der Waals surface area contributed by atoms with Gasteiger partial charge in [-0.15, -0.1) is 0 Å². The number of aryl methyl sites for hydroxylation is 1. The molecule has 0 aliphatic carbocycles. The Morgan fingerprint density at radius 2 is 1.81 bits per heavy atom. The van der Waals surface area contributed by atoms with Crippen molar-refractivity contribution in [1.29, 1.82) is 0 Å². The molecule has 27 heavy (non-hydrogen) atoms. The molecular formula is C22H33N3O2. The molecule has 2 amide bonds. The van der Waals surface area contributed by atoms with Crippen molar-refractivity contribution in [1.82, 2.24) is 15.1 Å². The molecule has 5 heteroatoms. The average molecular weight is 372 g/mol. The Morgan fingerprint density at radius 1 is 1.07 bits per heavy atom. The largest absolute Gasteiger partial charge is 0.352 e. The number of rotatable bonds is 6. The van der Waals surface area contributed by atoms with Crippen LogP contribution in [0.2, 0.25) is 0 Å². The van der Waals surface area contributed by atoms with Gasteiger partial charge in [0.15, 0.2) is 0 Å². The van der Waals surface area contributed by atoms with Crippen LogP contribution in [0.25, 0.3) is 0 Å². The summed E-state index contributed by atoms with van der Waals surface area (Å²) in [7, 11) is 0. The fourth-order valence-corrected chi connectivity index (χ4v) is 4.30. The standard InChI is InChI=1S/C22H33N3O2/c1-18(26)25-15-11-20(12-16-25)22(27)23-21-10-6-14-24(17-21)13-5-9-19-7-3-2-4-8-19/h2-4,7-8,20-21H,5-6,9-17H2,1H3,(H,23,27)/t21-/m0/s1. The van der Waals surface area contributed by atoms with Crippen molar-refractivity contribution < 1.29 is 9.59 Å². The molecule has 2 heterocycles. The fourth-order valence-electron chi connectivity index (χ4n) is 4.30. The summed E-state index contributed by atoms with van der Waals surface area (Å²) in [5.74, 6) is 0.371. The zero-order valence-electron chi connectivity index (χ0n) is 16.5. The normalized spacial score (nSPS) is 21.8. The van der Waals surface area contributed by atoms with Crippen LogP contribution in [0.15, 0.2) is 30.3 Å². The van der Waals surface area contributed by atoms with Gasteiger partial charge in [-0.05, 0) is 57.2 Å².